The Hall–Kier alpha value is -0.120. The number of rotatable bonds is 8. The minimum absolute atomic E-state index is 0.722. The van der Waals surface area contributed by atoms with E-state index in [1.54, 1.807) is 0 Å². The second-order valence-electron chi connectivity index (χ2n) is 6.07. The standard InChI is InChI=1S/C15H33N3/c1-6-14(16-7-2)9-8-10-18-11-13(3)15(12-18)17(4)5/h13-16H,6-12H2,1-5H3. The fourth-order valence-electron chi connectivity index (χ4n) is 3.20. The molecule has 0 aromatic rings. The van der Waals surface area contributed by atoms with Crippen LogP contribution in [0.25, 0.3) is 0 Å². The molecule has 0 aromatic heterocycles. The highest BCUT2D eigenvalue weighted by atomic mass is 15.2. The number of hydrogen-bond acceptors (Lipinski definition) is 3. The van der Waals surface area contributed by atoms with Crippen molar-refractivity contribution >= 4 is 0 Å². The molecular formula is C15H33N3. The van der Waals surface area contributed by atoms with Crippen LogP contribution in [0.1, 0.15) is 40.0 Å². The van der Waals surface area contributed by atoms with Crippen molar-refractivity contribution in [2.45, 2.75) is 52.1 Å². The molecule has 3 unspecified atom stereocenters. The van der Waals surface area contributed by atoms with Crippen molar-refractivity contribution in [3.63, 3.8) is 0 Å². The van der Waals surface area contributed by atoms with E-state index in [2.05, 4.69) is 50.0 Å². The lowest BCUT2D eigenvalue weighted by Crippen LogP contribution is -2.34. The van der Waals surface area contributed by atoms with Gasteiger partial charge in [0.2, 0.25) is 0 Å². The quantitative estimate of drug-likeness (QED) is 0.716. The van der Waals surface area contributed by atoms with Crippen LogP contribution in [0.4, 0.5) is 0 Å². The van der Waals surface area contributed by atoms with Gasteiger partial charge < -0.3 is 15.1 Å². The topological polar surface area (TPSA) is 18.5 Å². The molecule has 1 heterocycles. The lowest BCUT2D eigenvalue weighted by molar-refractivity contribution is 0.249. The molecule has 0 amide bonds. The van der Waals surface area contributed by atoms with Crippen LogP contribution in [0.2, 0.25) is 0 Å². The van der Waals surface area contributed by atoms with Gasteiger partial charge in [0.25, 0.3) is 0 Å². The van der Waals surface area contributed by atoms with Crippen molar-refractivity contribution in [2.24, 2.45) is 5.92 Å². The summed E-state index contributed by atoms with van der Waals surface area (Å²) in [6, 6.07) is 1.47. The molecule has 1 aliphatic heterocycles. The number of likely N-dealkylation sites (tertiary alicyclic amines) is 1. The highest BCUT2D eigenvalue weighted by Crippen LogP contribution is 2.20. The van der Waals surface area contributed by atoms with Crippen LogP contribution in [0, 0.1) is 5.92 Å². The molecule has 1 N–H and O–H groups in total. The maximum absolute atomic E-state index is 3.57. The molecule has 1 aliphatic rings. The fourth-order valence-corrected chi connectivity index (χ4v) is 3.20. The number of hydrogen-bond donors (Lipinski definition) is 1. The summed E-state index contributed by atoms with van der Waals surface area (Å²) in [7, 11) is 4.42. The summed E-state index contributed by atoms with van der Waals surface area (Å²) >= 11 is 0. The minimum Gasteiger partial charge on any atom is -0.314 e. The van der Waals surface area contributed by atoms with Gasteiger partial charge >= 0.3 is 0 Å². The Kier molecular flexibility index (Phi) is 7.20. The van der Waals surface area contributed by atoms with E-state index in [1.165, 1.54) is 38.9 Å². The number of nitrogens with zero attached hydrogens (tertiary/aromatic N) is 2. The van der Waals surface area contributed by atoms with E-state index in [1.807, 2.05) is 0 Å². The highest BCUT2D eigenvalue weighted by molar-refractivity contribution is 4.86. The molecule has 18 heavy (non-hydrogen) atoms. The first-order chi connectivity index (χ1) is 8.58. The van der Waals surface area contributed by atoms with Gasteiger partial charge in [0.15, 0.2) is 0 Å². The van der Waals surface area contributed by atoms with Gasteiger partial charge in [-0.15, -0.1) is 0 Å². The second-order valence-corrected chi connectivity index (χ2v) is 6.07. The van der Waals surface area contributed by atoms with E-state index in [-0.39, 0.29) is 0 Å². The van der Waals surface area contributed by atoms with Crippen molar-refractivity contribution in [1.82, 2.24) is 15.1 Å². The normalized spacial score (nSPS) is 27.0. The zero-order valence-electron chi connectivity index (χ0n) is 13.1. The Morgan fingerprint density at radius 2 is 2.00 bits per heavy atom. The molecule has 3 nitrogen and oxygen atoms in total. The first-order valence-corrected chi connectivity index (χ1v) is 7.70. The van der Waals surface area contributed by atoms with Crippen LogP contribution in [0.15, 0.2) is 0 Å². The third kappa shape index (κ3) is 4.87. The predicted molar refractivity (Wildman–Crippen MR) is 80.1 cm³/mol. The highest BCUT2D eigenvalue weighted by Gasteiger charge is 2.30. The smallest absolute Gasteiger partial charge is 0.0254 e. The molecule has 1 fully saturated rings. The second kappa shape index (κ2) is 8.13. The molecule has 1 saturated heterocycles. The third-order valence-corrected chi connectivity index (χ3v) is 4.32. The Morgan fingerprint density at radius 1 is 1.28 bits per heavy atom. The van der Waals surface area contributed by atoms with E-state index >= 15 is 0 Å². The SMILES string of the molecule is CCNC(CC)CCCN1CC(C)C(N(C)C)C1. The fraction of sp³-hybridized carbons (Fsp3) is 1.00. The van der Waals surface area contributed by atoms with Gasteiger partial charge in [-0.2, -0.15) is 0 Å². The van der Waals surface area contributed by atoms with Gasteiger partial charge in [-0.05, 0) is 52.4 Å². The third-order valence-electron chi connectivity index (χ3n) is 4.32. The maximum atomic E-state index is 3.57. The van der Waals surface area contributed by atoms with Crippen LogP contribution in [0.5, 0.6) is 0 Å². The van der Waals surface area contributed by atoms with Crippen LogP contribution in [-0.4, -0.2) is 62.2 Å². The molecule has 3 atom stereocenters. The molecule has 0 spiro atoms. The van der Waals surface area contributed by atoms with Gasteiger partial charge in [-0.25, -0.2) is 0 Å². The Labute approximate surface area is 114 Å². The molecule has 3 heteroatoms. The summed E-state index contributed by atoms with van der Waals surface area (Å²) in [5.41, 5.74) is 0. The number of nitrogens with one attached hydrogen (secondary N) is 1. The van der Waals surface area contributed by atoms with Gasteiger partial charge in [0.1, 0.15) is 0 Å². The van der Waals surface area contributed by atoms with Gasteiger partial charge in [-0.3, -0.25) is 0 Å². The first kappa shape index (κ1) is 15.9. The summed E-state index contributed by atoms with van der Waals surface area (Å²) in [5.74, 6) is 0.815. The van der Waals surface area contributed by atoms with Crippen molar-refractivity contribution in [2.75, 3.05) is 40.3 Å². The Bertz CT molecular complexity index is 218. The largest absolute Gasteiger partial charge is 0.314 e. The summed E-state index contributed by atoms with van der Waals surface area (Å²) < 4.78 is 0. The van der Waals surface area contributed by atoms with Crippen LogP contribution < -0.4 is 5.32 Å². The first-order valence-electron chi connectivity index (χ1n) is 7.70. The summed E-state index contributed by atoms with van der Waals surface area (Å²) in [5, 5.41) is 3.57. The molecular weight excluding hydrogens is 222 g/mol. The molecule has 0 bridgehead atoms. The van der Waals surface area contributed by atoms with Crippen molar-refractivity contribution in [3.05, 3.63) is 0 Å². The lowest BCUT2D eigenvalue weighted by Gasteiger charge is -2.23. The number of likely N-dealkylation sites (N-methyl/N-ethyl adjacent to an activating group) is 1. The van der Waals surface area contributed by atoms with E-state index in [4.69, 9.17) is 0 Å². The molecule has 1 rings (SSSR count). The van der Waals surface area contributed by atoms with E-state index in [9.17, 15) is 0 Å². The lowest BCUT2D eigenvalue weighted by atomic mass is 10.1. The van der Waals surface area contributed by atoms with Crippen LogP contribution in [0.3, 0.4) is 0 Å². The van der Waals surface area contributed by atoms with E-state index in [0.29, 0.717) is 0 Å². The van der Waals surface area contributed by atoms with Crippen LogP contribution >= 0.6 is 0 Å². The minimum atomic E-state index is 0.722. The predicted octanol–water partition coefficient (Wildman–Crippen LogP) is 2.04. The van der Waals surface area contributed by atoms with Gasteiger partial charge in [0.05, 0.1) is 0 Å². The van der Waals surface area contributed by atoms with Gasteiger partial charge in [-0.1, -0.05) is 20.8 Å². The van der Waals surface area contributed by atoms with Crippen molar-refractivity contribution in [1.29, 1.82) is 0 Å². The summed E-state index contributed by atoms with van der Waals surface area (Å²) in [6.45, 7) is 11.8. The van der Waals surface area contributed by atoms with E-state index in [0.717, 1.165) is 24.5 Å². The molecule has 0 aliphatic carbocycles. The van der Waals surface area contributed by atoms with Crippen molar-refractivity contribution < 1.29 is 0 Å². The Balaban J connectivity index is 2.21. The zero-order chi connectivity index (χ0) is 13.5. The monoisotopic (exact) mass is 255 g/mol. The molecule has 0 aromatic carbocycles. The van der Waals surface area contributed by atoms with Crippen LogP contribution in [-0.2, 0) is 0 Å². The van der Waals surface area contributed by atoms with Crippen molar-refractivity contribution in [3.8, 4) is 0 Å². The summed E-state index contributed by atoms with van der Waals surface area (Å²) in [6.07, 6.45) is 3.91. The average Bonchev–Trinajstić information content (AvgIpc) is 2.69. The molecule has 0 saturated carbocycles. The van der Waals surface area contributed by atoms with Gasteiger partial charge in [0, 0.05) is 25.2 Å². The maximum Gasteiger partial charge on any atom is 0.0254 e. The zero-order valence-corrected chi connectivity index (χ0v) is 13.1. The molecule has 0 radical (unpaired) electrons. The Morgan fingerprint density at radius 3 is 2.50 bits per heavy atom. The average molecular weight is 255 g/mol. The molecule has 108 valence electrons. The van der Waals surface area contributed by atoms with E-state index < -0.39 is 0 Å². The summed E-state index contributed by atoms with van der Waals surface area (Å²) in [4.78, 5) is 5.03.